The van der Waals surface area contributed by atoms with E-state index < -0.39 is 0 Å². The van der Waals surface area contributed by atoms with E-state index in [9.17, 15) is 9.59 Å². The molecule has 0 spiro atoms. The molecule has 1 amide bonds. The predicted molar refractivity (Wildman–Crippen MR) is 89.0 cm³/mol. The summed E-state index contributed by atoms with van der Waals surface area (Å²) in [6.45, 7) is 2.31. The van der Waals surface area contributed by atoms with Gasteiger partial charge in [0.2, 0.25) is 0 Å². The van der Waals surface area contributed by atoms with Crippen LogP contribution in [0.1, 0.15) is 28.7 Å². The van der Waals surface area contributed by atoms with E-state index in [-0.39, 0.29) is 17.0 Å². The molecule has 23 heavy (non-hydrogen) atoms. The lowest BCUT2D eigenvalue weighted by Crippen LogP contribution is -2.34. The lowest BCUT2D eigenvalue weighted by molar-refractivity contribution is 0.0951. The number of hydrogen-bond acceptors (Lipinski definition) is 5. The van der Waals surface area contributed by atoms with Crippen LogP contribution in [0.4, 0.5) is 0 Å². The molecule has 118 valence electrons. The van der Waals surface area contributed by atoms with Crippen LogP contribution in [0.15, 0.2) is 40.8 Å². The summed E-state index contributed by atoms with van der Waals surface area (Å²) in [6, 6.07) is 5.65. The summed E-state index contributed by atoms with van der Waals surface area (Å²) in [6.07, 6.45) is 4.50. The summed E-state index contributed by atoms with van der Waals surface area (Å²) in [7, 11) is 0. The van der Waals surface area contributed by atoms with E-state index in [1.807, 2.05) is 25.1 Å². The Morgan fingerprint density at radius 3 is 3.00 bits per heavy atom. The zero-order valence-corrected chi connectivity index (χ0v) is 13.5. The van der Waals surface area contributed by atoms with Gasteiger partial charge >= 0.3 is 0 Å². The van der Waals surface area contributed by atoms with Gasteiger partial charge in [0.25, 0.3) is 11.5 Å². The number of aryl methyl sites for hydroxylation is 1. The highest BCUT2D eigenvalue weighted by Crippen LogP contribution is 2.10. The lowest BCUT2D eigenvalue weighted by Gasteiger charge is -2.08. The fraction of sp³-hybridized carbons (Fsp3) is 0.250. The Morgan fingerprint density at radius 2 is 2.26 bits per heavy atom. The molecular formula is C16H16N4O2S. The van der Waals surface area contributed by atoms with Gasteiger partial charge in [-0.15, -0.1) is 11.3 Å². The number of nitrogens with zero attached hydrogens (tertiary/aromatic N) is 3. The first-order valence-corrected chi connectivity index (χ1v) is 8.25. The smallest absolute Gasteiger partial charge is 0.271 e. The van der Waals surface area contributed by atoms with Crippen molar-refractivity contribution in [3.8, 4) is 0 Å². The third-order valence-corrected chi connectivity index (χ3v) is 4.25. The number of carbonyl (C=O) groups excluding carboxylic acids is 1. The van der Waals surface area contributed by atoms with Crippen LogP contribution in [0.5, 0.6) is 0 Å². The average Bonchev–Trinajstić information content (AvgIpc) is 3.04. The van der Waals surface area contributed by atoms with Crippen LogP contribution in [-0.4, -0.2) is 26.8 Å². The van der Waals surface area contributed by atoms with Crippen molar-refractivity contribution >= 4 is 22.2 Å². The van der Waals surface area contributed by atoms with Crippen molar-refractivity contribution in [3.63, 3.8) is 0 Å². The van der Waals surface area contributed by atoms with Crippen LogP contribution in [0.25, 0.3) is 4.96 Å². The molecule has 0 saturated heterocycles. The van der Waals surface area contributed by atoms with E-state index in [1.54, 1.807) is 17.8 Å². The number of fused-ring (bicyclic) bond motifs is 1. The van der Waals surface area contributed by atoms with Crippen molar-refractivity contribution in [2.45, 2.75) is 19.8 Å². The maximum absolute atomic E-state index is 12.5. The van der Waals surface area contributed by atoms with E-state index in [1.165, 1.54) is 15.7 Å². The van der Waals surface area contributed by atoms with Crippen LogP contribution < -0.4 is 10.9 Å². The van der Waals surface area contributed by atoms with Crippen LogP contribution in [-0.2, 0) is 12.8 Å². The quantitative estimate of drug-likeness (QED) is 0.773. The second-order valence-electron chi connectivity index (χ2n) is 4.97. The van der Waals surface area contributed by atoms with Gasteiger partial charge in [-0.3, -0.25) is 19.0 Å². The van der Waals surface area contributed by atoms with Crippen molar-refractivity contribution in [2.75, 3.05) is 6.54 Å². The lowest BCUT2D eigenvalue weighted by atomic mass is 10.1. The summed E-state index contributed by atoms with van der Waals surface area (Å²) in [5.41, 5.74) is 1.24. The molecule has 0 aliphatic rings. The second-order valence-corrected chi connectivity index (χ2v) is 5.85. The maximum Gasteiger partial charge on any atom is 0.271 e. The van der Waals surface area contributed by atoms with Crippen molar-refractivity contribution in [2.24, 2.45) is 0 Å². The predicted octanol–water partition coefficient (Wildman–Crippen LogP) is 1.69. The summed E-state index contributed by atoms with van der Waals surface area (Å²) >= 11 is 1.38. The average molecular weight is 328 g/mol. The molecule has 0 fully saturated rings. The van der Waals surface area contributed by atoms with Crippen molar-refractivity contribution in [1.82, 2.24) is 19.7 Å². The normalized spacial score (nSPS) is 10.8. The number of thiazole rings is 1. The molecule has 1 N–H and O–H groups in total. The summed E-state index contributed by atoms with van der Waals surface area (Å²) in [5.74, 6) is -0.379. The summed E-state index contributed by atoms with van der Waals surface area (Å²) in [5, 5.41) is 4.57. The molecular weight excluding hydrogens is 312 g/mol. The Bertz CT molecular complexity index is 886. The number of carbonyl (C=O) groups is 1. The first-order chi connectivity index (χ1) is 11.2. The van der Waals surface area contributed by atoms with Gasteiger partial charge in [0.15, 0.2) is 4.96 Å². The van der Waals surface area contributed by atoms with E-state index >= 15 is 0 Å². The SMILES string of the molecule is CCc1nc2sccn2c(=O)c1C(=O)NCCc1ccccn1. The van der Waals surface area contributed by atoms with E-state index in [0.717, 1.165) is 5.69 Å². The Labute approximate surface area is 136 Å². The highest BCUT2D eigenvalue weighted by Gasteiger charge is 2.19. The monoisotopic (exact) mass is 328 g/mol. The standard InChI is InChI=1S/C16H16N4O2S/c1-2-12-13(15(22)20-9-10-23-16(20)19-12)14(21)18-8-6-11-5-3-4-7-17-11/h3-5,7,9-10H,2,6,8H2,1H3,(H,18,21). The minimum Gasteiger partial charge on any atom is -0.351 e. The molecule has 3 rings (SSSR count). The van der Waals surface area contributed by atoms with Crippen molar-refractivity contribution in [3.05, 3.63) is 63.3 Å². The van der Waals surface area contributed by atoms with Gasteiger partial charge in [-0.05, 0) is 18.6 Å². The minimum absolute atomic E-state index is 0.129. The third-order valence-electron chi connectivity index (χ3n) is 3.50. The largest absolute Gasteiger partial charge is 0.351 e. The molecule has 0 aliphatic carbocycles. The number of rotatable bonds is 5. The molecule has 3 aromatic heterocycles. The van der Waals surface area contributed by atoms with Gasteiger partial charge < -0.3 is 5.32 Å². The van der Waals surface area contributed by atoms with E-state index in [4.69, 9.17) is 0 Å². The van der Waals surface area contributed by atoms with Gasteiger partial charge in [0.05, 0.1) is 5.69 Å². The number of nitrogens with one attached hydrogen (secondary N) is 1. The van der Waals surface area contributed by atoms with Crippen LogP contribution >= 0.6 is 11.3 Å². The second kappa shape index (κ2) is 6.70. The molecule has 3 aromatic rings. The third kappa shape index (κ3) is 3.14. The van der Waals surface area contributed by atoms with Gasteiger partial charge in [0, 0.05) is 36.4 Å². The van der Waals surface area contributed by atoms with Crippen molar-refractivity contribution < 1.29 is 4.79 Å². The van der Waals surface area contributed by atoms with E-state index in [0.29, 0.717) is 30.0 Å². The Kier molecular flexibility index (Phi) is 4.47. The van der Waals surface area contributed by atoms with Crippen LogP contribution in [0.3, 0.4) is 0 Å². The number of pyridine rings is 1. The zero-order valence-electron chi connectivity index (χ0n) is 12.7. The number of hydrogen-bond donors (Lipinski definition) is 1. The first kappa shape index (κ1) is 15.4. The molecule has 0 radical (unpaired) electrons. The van der Waals surface area contributed by atoms with Gasteiger partial charge in [-0.2, -0.15) is 0 Å². The molecule has 6 nitrogen and oxygen atoms in total. The van der Waals surface area contributed by atoms with Crippen molar-refractivity contribution in [1.29, 1.82) is 0 Å². The first-order valence-electron chi connectivity index (χ1n) is 7.37. The Balaban J connectivity index is 1.80. The molecule has 3 heterocycles. The van der Waals surface area contributed by atoms with Crippen LogP contribution in [0, 0.1) is 0 Å². The van der Waals surface area contributed by atoms with Gasteiger partial charge in [-0.25, -0.2) is 4.98 Å². The number of amides is 1. The van der Waals surface area contributed by atoms with E-state index in [2.05, 4.69) is 15.3 Å². The highest BCUT2D eigenvalue weighted by atomic mass is 32.1. The molecule has 0 bridgehead atoms. The fourth-order valence-corrected chi connectivity index (χ4v) is 3.07. The number of aromatic nitrogens is 3. The van der Waals surface area contributed by atoms with Gasteiger partial charge in [0.1, 0.15) is 5.56 Å². The zero-order chi connectivity index (χ0) is 16.2. The van der Waals surface area contributed by atoms with Gasteiger partial charge in [-0.1, -0.05) is 13.0 Å². The Morgan fingerprint density at radius 1 is 1.39 bits per heavy atom. The fourth-order valence-electron chi connectivity index (χ4n) is 2.35. The summed E-state index contributed by atoms with van der Waals surface area (Å²) in [4.78, 5) is 34.1. The molecule has 7 heteroatoms. The molecule has 0 saturated carbocycles. The van der Waals surface area contributed by atoms with Crippen LogP contribution in [0.2, 0.25) is 0 Å². The topological polar surface area (TPSA) is 76.4 Å². The molecule has 0 aromatic carbocycles. The minimum atomic E-state index is -0.379. The molecule has 0 atom stereocenters. The molecule has 0 aliphatic heterocycles. The molecule has 0 unspecified atom stereocenters. The highest BCUT2D eigenvalue weighted by molar-refractivity contribution is 7.15. The summed E-state index contributed by atoms with van der Waals surface area (Å²) < 4.78 is 1.41. The Hall–Kier alpha value is -2.54. The maximum atomic E-state index is 12.5.